The summed E-state index contributed by atoms with van der Waals surface area (Å²) in [5.74, 6) is -1.45. The number of phenolic OH excluding ortho intramolecular Hbond substituents is 1. The molecule has 2 aromatic rings. The average Bonchev–Trinajstić information content (AvgIpc) is 2.63. The van der Waals surface area contributed by atoms with Crippen molar-refractivity contribution in [3.05, 3.63) is 58.1 Å². The first-order valence-corrected chi connectivity index (χ1v) is 8.02. The van der Waals surface area contributed by atoms with Gasteiger partial charge in [0.2, 0.25) is 0 Å². The van der Waals surface area contributed by atoms with Crippen LogP contribution in [-0.2, 0) is 16.1 Å². The molecule has 0 atom stereocenters. The van der Waals surface area contributed by atoms with E-state index in [1.807, 2.05) is 30.3 Å². The third-order valence-electron chi connectivity index (χ3n) is 3.15. The molecule has 0 saturated carbocycles. The number of benzene rings is 2. The van der Waals surface area contributed by atoms with Crippen LogP contribution in [0, 0.1) is 0 Å². The second-order valence-electron chi connectivity index (χ2n) is 4.92. The zero-order chi connectivity index (χ0) is 18.2. The molecule has 0 aliphatic rings. The molecule has 7 nitrogen and oxygen atoms in total. The molecule has 0 radical (unpaired) electrons. The molecular weight excluding hydrogens is 390 g/mol. The van der Waals surface area contributed by atoms with E-state index in [1.165, 1.54) is 19.4 Å². The van der Waals surface area contributed by atoms with Crippen molar-refractivity contribution in [2.75, 3.05) is 7.11 Å². The van der Waals surface area contributed by atoms with E-state index in [4.69, 9.17) is 4.74 Å². The van der Waals surface area contributed by atoms with Crippen LogP contribution in [0.2, 0.25) is 0 Å². The first-order chi connectivity index (χ1) is 12.0. The molecule has 3 N–H and O–H groups in total. The van der Waals surface area contributed by atoms with Crippen molar-refractivity contribution in [2.24, 2.45) is 5.10 Å². The number of halogens is 1. The van der Waals surface area contributed by atoms with Gasteiger partial charge in [-0.25, -0.2) is 5.43 Å². The zero-order valence-electron chi connectivity index (χ0n) is 13.3. The molecule has 0 spiro atoms. The molecule has 0 aliphatic heterocycles. The molecule has 0 bridgehead atoms. The summed E-state index contributed by atoms with van der Waals surface area (Å²) in [6.07, 6.45) is 1.33. The van der Waals surface area contributed by atoms with Crippen LogP contribution in [0.4, 0.5) is 0 Å². The van der Waals surface area contributed by atoms with Crippen LogP contribution < -0.4 is 15.5 Å². The highest BCUT2D eigenvalue weighted by atomic mass is 79.9. The Morgan fingerprint density at radius 1 is 1.24 bits per heavy atom. The largest absolute Gasteiger partial charge is 0.503 e. The number of nitrogens with zero attached hydrogens (tertiary/aromatic N) is 1. The summed E-state index contributed by atoms with van der Waals surface area (Å²) in [5.41, 5.74) is 3.58. The van der Waals surface area contributed by atoms with E-state index in [2.05, 4.69) is 31.8 Å². The molecule has 0 aliphatic carbocycles. The standard InChI is InChI=1S/C17H16BrN3O4/c1-25-14-8-12(7-13(18)15(14)22)10-20-21-17(24)16(23)19-9-11-5-3-2-4-6-11/h2-8,10,22H,9H2,1H3,(H,19,23)(H,21,24)/b20-10-. The number of carbonyl (C=O) groups excluding carboxylic acids is 2. The van der Waals surface area contributed by atoms with Gasteiger partial charge in [-0.1, -0.05) is 30.3 Å². The van der Waals surface area contributed by atoms with E-state index in [0.29, 0.717) is 10.0 Å². The summed E-state index contributed by atoms with van der Waals surface area (Å²) < 4.78 is 5.43. The predicted molar refractivity (Wildman–Crippen MR) is 96.4 cm³/mol. The predicted octanol–water partition coefficient (Wildman–Crippen LogP) is 1.93. The lowest BCUT2D eigenvalue weighted by molar-refractivity contribution is -0.139. The van der Waals surface area contributed by atoms with Gasteiger partial charge in [-0.15, -0.1) is 0 Å². The Morgan fingerprint density at radius 3 is 2.64 bits per heavy atom. The van der Waals surface area contributed by atoms with Gasteiger partial charge >= 0.3 is 11.8 Å². The first kappa shape index (κ1) is 18.5. The molecule has 25 heavy (non-hydrogen) atoms. The second kappa shape index (κ2) is 8.84. The van der Waals surface area contributed by atoms with E-state index in [-0.39, 0.29) is 18.0 Å². The normalized spacial score (nSPS) is 10.5. The van der Waals surface area contributed by atoms with Crippen molar-refractivity contribution >= 4 is 34.0 Å². The third-order valence-corrected chi connectivity index (χ3v) is 3.76. The molecule has 130 valence electrons. The molecular formula is C17H16BrN3O4. The van der Waals surface area contributed by atoms with Crippen LogP contribution in [-0.4, -0.2) is 30.2 Å². The SMILES string of the molecule is COc1cc(/C=N\NC(=O)C(=O)NCc2ccccc2)cc(Br)c1O. The molecule has 0 heterocycles. The van der Waals surface area contributed by atoms with Crippen LogP contribution in [0.1, 0.15) is 11.1 Å². The van der Waals surface area contributed by atoms with E-state index in [1.54, 1.807) is 6.07 Å². The average molecular weight is 406 g/mol. The fraction of sp³-hybridized carbons (Fsp3) is 0.118. The summed E-state index contributed by atoms with van der Waals surface area (Å²) in [7, 11) is 1.42. The second-order valence-corrected chi connectivity index (χ2v) is 5.78. The Labute approximate surface area is 152 Å². The van der Waals surface area contributed by atoms with E-state index >= 15 is 0 Å². The Kier molecular flexibility index (Phi) is 6.53. The smallest absolute Gasteiger partial charge is 0.329 e. The lowest BCUT2D eigenvalue weighted by atomic mass is 10.2. The van der Waals surface area contributed by atoms with E-state index < -0.39 is 11.8 Å². The zero-order valence-corrected chi connectivity index (χ0v) is 14.9. The number of carbonyl (C=O) groups is 2. The number of nitrogens with one attached hydrogen (secondary N) is 2. The minimum atomic E-state index is -0.878. The minimum Gasteiger partial charge on any atom is -0.503 e. The van der Waals surface area contributed by atoms with Crippen LogP contribution in [0.25, 0.3) is 0 Å². The lowest BCUT2D eigenvalue weighted by Crippen LogP contribution is -2.37. The van der Waals surface area contributed by atoms with Gasteiger partial charge in [0.25, 0.3) is 0 Å². The molecule has 2 amide bonds. The number of ether oxygens (including phenoxy) is 1. The monoisotopic (exact) mass is 405 g/mol. The highest BCUT2D eigenvalue weighted by Crippen LogP contribution is 2.34. The van der Waals surface area contributed by atoms with E-state index in [9.17, 15) is 14.7 Å². The number of phenols is 1. The number of aromatic hydroxyl groups is 1. The summed E-state index contributed by atoms with van der Waals surface area (Å²) in [6, 6.07) is 12.3. The lowest BCUT2D eigenvalue weighted by Gasteiger charge is -2.06. The van der Waals surface area contributed by atoms with E-state index in [0.717, 1.165) is 5.56 Å². The van der Waals surface area contributed by atoms with Crippen molar-refractivity contribution in [2.45, 2.75) is 6.54 Å². The first-order valence-electron chi connectivity index (χ1n) is 7.23. The van der Waals surface area contributed by atoms with Crippen molar-refractivity contribution in [1.82, 2.24) is 10.7 Å². The van der Waals surface area contributed by atoms with Crippen molar-refractivity contribution in [1.29, 1.82) is 0 Å². The highest BCUT2D eigenvalue weighted by Gasteiger charge is 2.12. The van der Waals surface area contributed by atoms with Gasteiger partial charge in [0.05, 0.1) is 17.8 Å². The summed E-state index contributed by atoms with van der Waals surface area (Å²) in [5, 5.41) is 15.9. The Morgan fingerprint density at radius 2 is 1.96 bits per heavy atom. The number of hydrogen-bond donors (Lipinski definition) is 3. The van der Waals surface area contributed by atoms with Crippen molar-refractivity contribution < 1.29 is 19.4 Å². The topological polar surface area (TPSA) is 100 Å². The Balaban J connectivity index is 1.89. The number of rotatable bonds is 5. The van der Waals surface area contributed by atoms with Crippen LogP contribution in [0.5, 0.6) is 11.5 Å². The fourth-order valence-electron chi connectivity index (χ4n) is 1.90. The molecule has 0 aromatic heterocycles. The van der Waals surface area contributed by atoms with Crippen LogP contribution >= 0.6 is 15.9 Å². The van der Waals surface area contributed by atoms with Gasteiger partial charge in [-0.2, -0.15) is 5.10 Å². The fourth-order valence-corrected chi connectivity index (χ4v) is 2.36. The van der Waals surface area contributed by atoms with Gasteiger partial charge < -0.3 is 15.2 Å². The van der Waals surface area contributed by atoms with Crippen molar-refractivity contribution in [3.8, 4) is 11.5 Å². The number of hydrazone groups is 1. The maximum Gasteiger partial charge on any atom is 0.329 e. The third kappa shape index (κ3) is 5.32. The highest BCUT2D eigenvalue weighted by molar-refractivity contribution is 9.10. The molecule has 0 unspecified atom stereocenters. The van der Waals surface area contributed by atoms with Crippen molar-refractivity contribution in [3.63, 3.8) is 0 Å². The Bertz CT molecular complexity index is 794. The molecule has 0 fully saturated rings. The van der Waals surface area contributed by atoms with Gasteiger partial charge in [0.15, 0.2) is 11.5 Å². The summed E-state index contributed by atoms with van der Waals surface area (Å²) in [4.78, 5) is 23.4. The maximum atomic E-state index is 11.7. The summed E-state index contributed by atoms with van der Waals surface area (Å²) >= 11 is 3.18. The van der Waals surface area contributed by atoms with Gasteiger partial charge in [0.1, 0.15) is 0 Å². The Hall–Kier alpha value is -2.87. The van der Waals surface area contributed by atoms with Crippen LogP contribution in [0.15, 0.2) is 52.0 Å². The molecule has 2 aromatic carbocycles. The minimum absolute atomic E-state index is 0.0380. The number of hydrogen-bond acceptors (Lipinski definition) is 5. The molecule has 2 rings (SSSR count). The van der Waals surface area contributed by atoms with Gasteiger partial charge in [-0.3, -0.25) is 9.59 Å². The quantitative estimate of drug-likeness (QED) is 0.401. The molecule has 0 saturated heterocycles. The summed E-state index contributed by atoms with van der Waals surface area (Å²) in [6.45, 7) is 0.249. The van der Waals surface area contributed by atoms with Gasteiger partial charge in [-0.05, 0) is 39.2 Å². The van der Waals surface area contributed by atoms with Crippen LogP contribution in [0.3, 0.4) is 0 Å². The maximum absolute atomic E-state index is 11.7. The van der Waals surface area contributed by atoms with Gasteiger partial charge in [0, 0.05) is 6.54 Å². The molecule has 8 heteroatoms. The number of amides is 2. The number of methoxy groups -OCH3 is 1.